The molecule has 0 N–H and O–H groups in total. The van der Waals surface area contributed by atoms with E-state index in [0.717, 1.165) is 6.54 Å². The quantitative estimate of drug-likeness (QED) is 0.682. The Morgan fingerprint density at radius 1 is 1.31 bits per heavy atom. The highest BCUT2D eigenvalue weighted by Crippen LogP contribution is 2.30. The van der Waals surface area contributed by atoms with Gasteiger partial charge in [-0.1, -0.05) is 12.2 Å². The van der Waals surface area contributed by atoms with Crippen molar-refractivity contribution in [3.63, 3.8) is 0 Å². The summed E-state index contributed by atoms with van der Waals surface area (Å²) in [5.74, 6) is 0.580. The first-order chi connectivity index (χ1) is 7.66. The molecule has 2 aliphatic heterocycles. The molecule has 0 aromatic rings. The molecule has 0 radical (unpaired) electrons. The fourth-order valence-electron chi connectivity index (χ4n) is 3.02. The maximum Gasteiger partial charge on any atom is 0.0770 e. The van der Waals surface area contributed by atoms with Gasteiger partial charge in [-0.25, -0.2) is 0 Å². The Morgan fingerprint density at radius 2 is 2.00 bits per heavy atom. The topological polar surface area (TPSA) is 12.5 Å². The largest absolute Gasteiger partial charge is 0.373 e. The Balaban J connectivity index is 1.93. The van der Waals surface area contributed by atoms with E-state index in [1.165, 1.54) is 44.3 Å². The smallest absolute Gasteiger partial charge is 0.0770 e. The molecule has 0 saturated carbocycles. The molecule has 0 spiro atoms. The standard InChI is InChI=1S/C14H25NO/c1-11(2)13-7-6-12(3)16-14(13)10-15-8-4-5-9-15/h12-14H,1,4-10H2,2-3H3/t12-,13+,14-/m0/s1. The molecular weight excluding hydrogens is 198 g/mol. The molecule has 0 amide bonds. The Hall–Kier alpha value is -0.340. The molecule has 2 nitrogen and oxygen atoms in total. The second-order valence-corrected chi connectivity index (χ2v) is 5.52. The normalized spacial score (nSPS) is 36.5. The number of ether oxygens (including phenoxy) is 1. The van der Waals surface area contributed by atoms with Crippen molar-refractivity contribution in [3.8, 4) is 0 Å². The summed E-state index contributed by atoms with van der Waals surface area (Å²) in [5.41, 5.74) is 1.30. The van der Waals surface area contributed by atoms with Crippen LogP contribution >= 0.6 is 0 Å². The van der Waals surface area contributed by atoms with E-state index in [0.29, 0.717) is 18.1 Å². The van der Waals surface area contributed by atoms with Gasteiger partial charge in [-0.3, -0.25) is 0 Å². The van der Waals surface area contributed by atoms with E-state index in [4.69, 9.17) is 4.74 Å². The van der Waals surface area contributed by atoms with E-state index in [1.54, 1.807) is 0 Å². The van der Waals surface area contributed by atoms with Crippen molar-refractivity contribution in [2.24, 2.45) is 5.92 Å². The maximum atomic E-state index is 6.12. The number of nitrogens with zero attached hydrogens (tertiary/aromatic N) is 1. The molecule has 2 aliphatic rings. The highest BCUT2D eigenvalue weighted by atomic mass is 16.5. The Kier molecular flexibility index (Phi) is 4.04. The van der Waals surface area contributed by atoms with Crippen molar-refractivity contribution >= 4 is 0 Å². The predicted molar refractivity (Wildman–Crippen MR) is 67.5 cm³/mol. The summed E-state index contributed by atoms with van der Waals surface area (Å²) in [6.07, 6.45) is 5.99. The summed E-state index contributed by atoms with van der Waals surface area (Å²) >= 11 is 0. The van der Waals surface area contributed by atoms with E-state index >= 15 is 0 Å². The van der Waals surface area contributed by atoms with Gasteiger partial charge in [0.2, 0.25) is 0 Å². The predicted octanol–water partition coefficient (Wildman–Crippen LogP) is 2.84. The van der Waals surface area contributed by atoms with E-state index < -0.39 is 0 Å². The third-order valence-corrected chi connectivity index (χ3v) is 4.01. The summed E-state index contributed by atoms with van der Waals surface area (Å²) in [4.78, 5) is 2.55. The van der Waals surface area contributed by atoms with Crippen LogP contribution < -0.4 is 0 Å². The molecule has 2 fully saturated rings. The monoisotopic (exact) mass is 223 g/mol. The zero-order valence-corrected chi connectivity index (χ0v) is 10.7. The number of hydrogen-bond acceptors (Lipinski definition) is 2. The molecule has 3 atom stereocenters. The van der Waals surface area contributed by atoms with E-state index in [-0.39, 0.29) is 0 Å². The number of likely N-dealkylation sites (tertiary alicyclic amines) is 1. The molecule has 2 saturated heterocycles. The van der Waals surface area contributed by atoms with Gasteiger partial charge in [0.25, 0.3) is 0 Å². The lowest BCUT2D eigenvalue weighted by Gasteiger charge is -2.37. The fourth-order valence-corrected chi connectivity index (χ4v) is 3.02. The van der Waals surface area contributed by atoms with Crippen LogP contribution in [0.3, 0.4) is 0 Å². The average Bonchev–Trinajstić information content (AvgIpc) is 2.70. The third kappa shape index (κ3) is 2.86. The van der Waals surface area contributed by atoms with Crippen LogP contribution in [-0.4, -0.2) is 36.7 Å². The summed E-state index contributed by atoms with van der Waals surface area (Å²) in [7, 11) is 0. The number of hydrogen-bond donors (Lipinski definition) is 0. The van der Waals surface area contributed by atoms with Gasteiger partial charge in [0, 0.05) is 12.5 Å². The highest BCUT2D eigenvalue weighted by Gasteiger charge is 2.31. The zero-order chi connectivity index (χ0) is 11.5. The maximum absolute atomic E-state index is 6.12. The van der Waals surface area contributed by atoms with Crippen LogP contribution in [0.2, 0.25) is 0 Å². The zero-order valence-electron chi connectivity index (χ0n) is 10.7. The molecule has 92 valence electrons. The van der Waals surface area contributed by atoms with Crippen LogP contribution in [-0.2, 0) is 4.74 Å². The van der Waals surface area contributed by atoms with Gasteiger partial charge in [-0.2, -0.15) is 0 Å². The van der Waals surface area contributed by atoms with E-state index in [1.807, 2.05) is 0 Å². The molecule has 0 aromatic carbocycles. The van der Waals surface area contributed by atoms with Gasteiger partial charge in [0.05, 0.1) is 12.2 Å². The third-order valence-electron chi connectivity index (χ3n) is 4.01. The van der Waals surface area contributed by atoms with Gasteiger partial charge >= 0.3 is 0 Å². The van der Waals surface area contributed by atoms with E-state index in [2.05, 4.69) is 25.3 Å². The molecule has 2 rings (SSSR count). The second kappa shape index (κ2) is 5.33. The summed E-state index contributed by atoms with van der Waals surface area (Å²) < 4.78 is 6.12. The van der Waals surface area contributed by atoms with Gasteiger partial charge in [-0.05, 0) is 52.6 Å². The van der Waals surface area contributed by atoms with Crippen molar-refractivity contribution < 1.29 is 4.74 Å². The van der Waals surface area contributed by atoms with Crippen LogP contribution in [0, 0.1) is 5.92 Å². The van der Waals surface area contributed by atoms with Crippen LogP contribution in [0.5, 0.6) is 0 Å². The molecule has 2 heterocycles. The van der Waals surface area contributed by atoms with Crippen molar-refractivity contribution in [2.45, 2.75) is 51.7 Å². The lowest BCUT2D eigenvalue weighted by molar-refractivity contribution is -0.0757. The fraction of sp³-hybridized carbons (Fsp3) is 0.857. The molecule has 0 unspecified atom stereocenters. The SMILES string of the molecule is C=C(C)[C@H]1CC[C@H](C)O[C@H]1CN1CCCC1. The minimum Gasteiger partial charge on any atom is -0.373 e. The Morgan fingerprint density at radius 3 is 2.62 bits per heavy atom. The van der Waals surface area contributed by atoms with Gasteiger partial charge in [-0.15, -0.1) is 0 Å². The van der Waals surface area contributed by atoms with Crippen molar-refractivity contribution in [3.05, 3.63) is 12.2 Å². The number of rotatable bonds is 3. The molecule has 2 heteroatoms. The van der Waals surface area contributed by atoms with Crippen molar-refractivity contribution in [2.75, 3.05) is 19.6 Å². The first-order valence-corrected chi connectivity index (χ1v) is 6.70. The molecular formula is C14H25NO. The van der Waals surface area contributed by atoms with Gasteiger partial charge < -0.3 is 9.64 Å². The second-order valence-electron chi connectivity index (χ2n) is 5.52. The Labute approximate surface area is 99.7 Å². The summed E-state index contributed by atoms with van der Waals surface area (Å²) in [5, 5.41) is 0. The Bertz CT molecular complexity index is 245. The minimum atomic E-state index is 0.388. The molecule has 16 heavy (non-hydrogen) atoms. The lowest BCUT2D eigenvalue weighted by atomic mass is 9.86. The van der Waals surface area contributed by atoms with Crippen LogP contribution in [0.15, 0.2) is 12.2 Å². The van der Waals surface area contributed by atoms with Crippen molar-refractivity contribution in [1.82, 2.24) is 4.90 Å². The molecule has 0 aliphatic carbocycles. The first-order valence-electron chi connectivity index (χ1n) is 6.70. The van der Waals surface area contributed by atoms with Crippen LogP contribution in [0.1, 0.15) is 39.5 Å². The van der Waals surface area contributed by atoms with Gasteiger partial charge in [0.15, 0.2) is 0 Å². The minimum absolute atomic E-state index is 0.388. The van der Waals surface area contributed by atoms with Crippen LogP contribution in [0.25, 0.3) is 0 Å². The molecule has 0 bridgehead atoms. The van der Waals surface area contributed by atoms with Gasteiger partial charge in [0.1, 0.15) is 0 Å². The molecule has 0 aromatic heterocycles. The average molecular weight is 223 g/mol. The highest BCUT2D eigenvalue weighted by molar-refractivity contribution is 5.02. The van der Waals surface area contributed by atoms with Crippen molar-refractivity contribution in [1.29, 1.82) is 0 Å². The summed E-state index contributed by atoms with van der Waals surface area (Å²) in [6, 6.07) is 0. The van der Waals surface area contributed by atoms with E-state index in [9.17, 15) is 0 Å². The first kappa shape index (κ1) is 12.1. The van der Waals surface area contributed by atoms with Crippen LogP contribution in [0.4, 0.5) is 0 Å². The lowest BCUT2D eigenvalue weighted by Crippen LogP contribution is -2.42. The summed E-state index contributed by atoms with van der Waals surface area (Å²) in [6.45, 7) is 12.1.